The molecule has 1 aliphatic heterocycles. The second-order valence-corrected chi connectivity index (χ2v) is 6.98. The molecule has 0 atom stereocenters. The van der Waals surface area contributed by atoms with Gasteiger partial charge in [-0.05, 0) is 17.7 Å². The van der Waals surface area contributed by atoms with Crippen molar-refractivity contribution in [3.63, 3.8) is 0 Å². The van der Waals surface area contributed by atoms with Crippen molar-refractivity contribution in [1.29, 1.82) is 0 Å². The number of ketones is 1. The van der Waals surface area contributed by atoms with E-state index in [1.807, 2.05) is 30.3 Å². The topological polar surface area (TPSA) is 102 Å². The van der Waals surface area contributed by atoms with Crippen LogP contribution in [0.5, 0.6) is 5.75 Å². The minimum atomic E-state index is -0.511. The molecule has 0 saturated carbocycles. The number of para-hydroxylation sites is 1. The Kier molecular flexibility index (Phi) is 4.75. The summed E-state index contributed by atoms with van der Waals surface area (Å²) in [4.78, 5) is 25.9. The number of amides is 1. The molecule has 0 spiro atoms. The van der Waals surface area contributed by atoms with Crippen LogP contribution in [-0.2, 0) is 11.3 Å². The summed E-state index contributed by atoms with van der Waals surface area (Å²) in [6, 6.07) is 14.6. The predicted octanol–water partition coefficient (Wildman–Crippen LogP) is 1.59. The quantitative estimate of drug-likeness (QED) is 0.569. The third-order valence-electron chi connectivity index (χ3n) is 4.94. The van der Waals surface area contributed by atoms with E-state index in [1.165, 1.54) is 11.0 Å². The van der Waals surface area contributed by atoms with E-state index in [0.29, 0.717) is 24.4 Å². The minimum Gasteiger partial charge on any atom is -0.505 e. The number of nitrogens with zero attached hydrogens (tertiary/aromatic N) is 1. The first-order valence-corrected chi connectivity index (χ1v) is 9.13. The summed E-state index contributed by atoms with van der Waals surface area (Å²) in [5.41, 5.74) is 2.71. The lowest BCUT2D eigenvalue weighted by Gasteiger charge is -2.36. The molecule has 2 aliphatic rings. The second kappa shape index (κ2) is 7.36. The number of Topliss-reactive ketones (excluding diaryl/α,β-unsaturated/α-hetero) is 1. The molecule has 7 nitrogen and oxygen atoms in total. The number of rotatable bonds is 6. The fourth-order valence-electron chi connectivity index (χ4n) is 3.24. The maximum Gasteiger partial charge on any atom is 0.257 e. The molecule has 0 bridgehead atoms. The molecule has 1 amide bonds. The lowest BCUT2D eigenvalue weighted by molar-refractivity contribution is -0.116. The van der Waals surface area contributed by atoms with Gasteiger partial charge in [-0.15, -0.1) is 0 Å². The van der Waals surface area contributed by atoms with E-state index < -0.39 is 6.10 Å². The number of β-amino-alcohol motifs (C(OH)–C–C–N with tert-alkyl or cyclic N) is 1. The maximum absolute atomic E-state index is 12.4. The zero-order valence-corrected chi connectivity index (χ0v) is 15.2. The summed E-state index contributed by atoms with van der Waals surface area (Å²) in [6.45, 7) is 1.11. The van der Waals surface area contributed by atoms with Gasteiger partial charge in [-0.1, -0.05) is 36.4 Å². The van der Waals surface area contributed by atoms with E-state index in [0.717, 1.165) is 11.3 Å². The highest BCUT2D eigenvalue weighted by Gasteiger charge is 2.32. The van der Waals surface area contributed by atoms with Crippen LogP contribution < -0.4 is 10.6 Å². The smallest absolute Gasteiger partial charge is 0.257 e. The van der Waals surface area contributed by atoms with Crippen molar-refractivity contribution in [2.45, 2.75) is 19.1 Å². The van der Waals surface area contributed by atoms with E-state index in [9.17, 15) is 19.8 Å². The maximum atomic E-state index is 12.4. The van der Waals surface area contributed by atoms with Crippen molar-refractivity contribution in [2.24, 2.45) is 0 Å². The van der Waals surface area contributed by atoms with Crippen LogP contribution in [0.25, 0.3) is 0 Å². The van der Waals surface area contributed by atoms with Gasteiger partial charge in [0, 0.05) is 25.3 Å². The monoisotopic (exact) mass is 379 g/mol. The Labute approximate surface area is 162 Å². The van der Waals surface area contributed by atoms with Gasteiger partial charge in [0.25, 0.3) is 5.91 Å². The average molecular weight is 379 g/mol. The predicted molar refractivity (Wildman–Crippen MR) is 104 cm³/mol. The van der Waals surface area contributed by atoms with Gasteiger partial charge in [-0.25, -0.2) is 0 Å². The minimum absolute atomic E-state index is 0.0578. The molecular weight excluding hydrogens is 358 g/mol. The third kappa shape index (κ3) is 3.44. The Morgan fingerprint density at radius 1 is 1.11 bits per heavy atom. The Hall–Kier alpha value is -3.32. The van der Waals surface area contributed by atoms with Crippen molar-refractivity contribution in [2.75, 3.05) is 18.4 Å². The Morgan fingerprint density at radius 3 is 2.54 bits per heavy atom. The molecule has 7 heteroatoms. The average Bonchev–Trinajstić information content (AvgIpc) is 2.68. The Balaban J connectivity index is 1.49. The molecule has 0 unspecified atom stereocenters. The molecule has 1 saturated heterocycles. The highest BCUT2D eigenvalue weighted by molar-refractivity contribution is 6.07. The first-order valence-electron chi connectivity index (χ1n) is 9.13. The van der Waals surface area contributed by atoms with Gasteiger partial charge in [0.1, 0.15) is 5.70 Å². The first-order chi connectivity index (χ1) is 13.5. The number of benzene rings is 2. The molecule has 1 heterocycles. The lowest BCUT2D eigenvalue weighted by Crippen LogP contribution is -2.53. The number of nitrogens with one attached hydrogen (secondary N) is 2. The molecule has 28 heavy (non-hydrogen) atoms. The number of likely N-dealkylation sites (tertiary alicyclic amines) is 1. The van der Waals surface area contributed by atoms with Gasteiger partial charge < -0.3 is 25.7 Å². The van der Waals surface area contributed by atoms with E-state index >= 15 is 0 Å². The number of phenols is 1. The SMILES string of the molecule is O=C1CC(NCc2ccccc2)=C1Nc1cccc(C(=O)N2CC(O)C2)c1O. The number of aromatic hydroxyl groups is 1. The van der Waals surface area contributed by atoms with Crippen molar-refractivity contribution < 1.29 is 19.8 Å². The summed E-state index contributed by atoms with van der Waals surface area (Å²) in [7, 11) is 0. The normalized spacial score (nSPS) is 16.5. The molecule has 1 aliphatic carbocycles. The number of phenolic OH excluding ortho intramolecular Hbond substituents is 1. The molecule has 0 aromatic heterocycles. The van der Waals surface area contributed by atoms with Gasteiger partial charge in [0.2, 0.25) is 0 Å². The van der Waals surface area contributed by atoms with Crippen LogP contribution in [0.4, 0.5) is 5.69 Å². The van der Waals surface area contributed by atoms with Crippen LogP contribution in [0.1, 0.15) is 22.3 Å². The largest absolute Gasteiger partial charge is 0.505 e. The van der Waals surface area contributed by atoms with E-state index in [4.69, 9.17) is 0 Å². The van der Waals surface area contributed by atoms with Crippen molar-refractivity contribution in [3.8, 4) is 5.75 Å². The molecule has 0 radical (unpaired) electrons. The first kappa shape index (κ1) is 18.1. The number of carbonyl (C=O) groups excluding carboxylic acids is 2. The number of carbonyl (C=O) groups is 2. The van der Waals surface area contributed by atoms with Crippen molar-refractivity contribution in [1.82, 2.24) is 10.2 Å². The summed E-state index contributed by atoms with van der Waals surface area (Å²) in [6.07, 6.45) is -0.205. The van der Waals surface area contributed by atoms with Gasteiger partial charge in [0.15, 0.2) is 11.5 Å². The van der Waals surface area contributed by atoms with E-state index in [-0.39, 0.29) is 36.1 Å². The molecule has 144 valence electrons. The van der Waals surface area contributed by atoms with Gasteiger partial charge in [-0.2, -0.15) is 0 Å². The number of anilines is 1. The highest BCUT2D eigenvalue weighted by Crippen LogP contribution is 2.33. The standard InChI is InChI=1S/C21H21N3O4/c25-14-11-24(12-14)21(28)15-7-4-8-16(20(15)27)23-19-17(9-18(19)26)22-10-13-5-2-1-3-6-13/h1-8,14,22-23,25,27H,9-12H2. The fourth-order valence-corrected chi connectivity index (χ4v) is 3.24. The summed E-state index contributed by atoms with van der Waals surface area (Å²) in [5, 5.41) is 26.1. The molecule has 2 aromatic carbocycles. The zero-order chi connectivity index (χ0) is 19.7. The molecule has 4 rings (SSSR count). The number of hydrogen-bond acceptors (Lipinski definition) is 6. The van der Waals surface area contributed by atoms with Crippen molar-refractivity contribution >= 4 is 17.4 Å². The van der Waals surface area contributed by atoms with Crippen molar-refractivity contribution in [3.05, 3.63) is 71.1 Å². The van der Waals surface area contributed by atoms with Crippen LogP contribution >= 0.6 is 0 Å². The number of aliphatic hydroxyl groups is 1. The van der Waals surface area contributed by atoms with Gasteiger partial charge in [0.05, 0.1) is 23.8 Å². The molecule has 4 N–H and O–H groups in total. The lowest BCUT2D eigenvalue weighted by atomic mass is 9.98. The summed E-state index contributed by atoms with van der Waals surface area (Å²) < 4.78 is 0. The Bertz CT molecular complexity index is 949. The molecular formula is C21H21N3O4. The van der Waals surface area contributed by atoms with Gasteiger partial charge in [-0.3, -0.25) is 9.59 Å². The van der Waals surface area contributed by atoms with Crippen LogP contribution in [0.15, 0.2) is 59.9 Å². The van der Waals surface area contributed by atoms with Crippen LogP contribution in [0, 0.1) is 0 Å². The summed E-state index contributed by atoms with van der Waals surface area (Å²) in [5.74, 6) is -0.608. The van der Waals surface area contributed by atoms with Crippen LogP contribution in [0.3, 0.4) is 0 Å². The van der Waals surface area contributed by atoms with Crippen LogP contribution in [-0.4, -0.2) is 46.0 Å². The highest BCUT2D eigenvalue weighted by atomic mass is 16.3. The number of hydrogen-bond donors (Lipinski definition) is 4. The zero-order valence-electron chi connectivity index (χ0n) is 15.2. The Morgan fingerprint density at radius 2 is 1.86 bits per heavy atom. The second-order valence-electron chi connectivity index (χ2n) is 6.98. The summed E-state index contributed by atoms with van der Waals surface area (Å²) >= 11 is 0. The number of allylic oxidation sites excluding steroid dienone is 2. The molecule has 2 aromatic rings. The third-order valence-corrected chi connectivity index (χ3v) is 4.94. The van der Waals surface area contributed by atoms with E-state index in [2.05, 4.69) is 10.6 Å². The van der Waals surface area contributed by atoms with E-state index in [1.54, 1.807) is 12.1 Å². The van der Waals surface area contributed by atoms with Crippen LogP contribution in [0.2, 0.25) is 0 Å². The fraction of sp³-hybridized carbons (Fsp3) is 0.238. The number of aliphatic hydroxyl groups excluding tert-OH is 1. The molecule has 1 fully saturated rings. The van der Waals surface area contributed by atoms with Gasteiger partial charge >= 0.3 is 0 Å².